The molecule has 0 aliphatic rings. The van der Waals surface area contributed by atoms with E-state index in [2.05, 4.69) is 10.1 Å². The average Bonchev–Trinajstić information content (AvgIpc) is 2.72. The number of rotatable bonds is 2. The molecule has 0 aliphatic carbocycles. The van der Waals surface area contributed by atoms with Crippen LogP contribution in [0.1, 0.15) is 11.1 Å². The number of hydrogen-bond donors (Lipinski definition) is 1. The Bertz CT molecular complexity index is 505. The van der Waals surface area contributed by atoms with Gasteiger partial charge in [-0.2, -0.15) is 18.3 Å². The molecule has 0 saturated heterocycles. The molecule has 0 fully saturated rings. The van der Waals surface area contributed by atoms with Gasteiger partial charge in [0.05, 0.1) is 12.1 Å². The summed E-state index contributed by atoms with van der Waals surface area (Å²) in [6.45, 7) is 0.226. The standard InChI is InChI=1S/C10H9F3N4/c11-10(12,13)8-3-7(1-2-9(8)14)4-17-6-15-5-16-17/h1-3,5-6H,4,14H2. The second kappa shape index (κ2) is 4.08. The number of nitrogen functional groups attached to an aromatic ring is 1. The monoisotopic (exact) mass is 242 g/mol. The minimum Gasteiger partial charge on any atom is -0.398 e. The van der Waals surface area contributed by atoms with Crippen LogP contribution in [0.2, 0.25) is 0 Å². The van der Waals surface area contributed by atoms with Crippen LogP contribution in [-0.4, -0.2) is 14.8 Å². The summed E-state index contributed by atoms with van der Waals surface area (Å²) in [4.78, 5) is 3.71. The molecule has 4 nitrogen and oxygen atoms in total. The highest BCUT2D eigenvalue weighted by Gasteiger charge is 2.33. The van der Waals surface area contributed by atoms with Crippen LogP contribution in [0.4, 0.5) is 18.9 Å². The predicted molar refractivity (Wildman–Crippen MR) is 55.0 cm³/mol. The minimum absolute atomic E-state index is 0.226. The van der Waals surface area contributed by atoms with Crippen molar-refractivity contribution in [3.05, 3.63) is 42.0 Å². The maximum absolute atomic E-state index is 12.6. The summed E-state index contributed by atoms with van der Waals surface area (Å²) in [6, 6.07) is 3.80. The first-order chi connectivity index (χ1) is 7.97. The molecule has 1 aromatic carbocycles. The number of anilines is 1. The van der Waals surface area contributed by atoms with Crippen molar-refractivity contribution in [3.8, 4) is 0 Å². The maximum atomic E-state index is 12.6. The Morgan fingerprint density at radius 1 is 1.29 bits per heavy atom. The van der Waals surface area contributed by atoms with Crippen molar-refractivity contribution in [1.82, 2.24) is 14.8 Å². The molecule has 2 N–H and O–H groups in total. The summed E-state index contributed by atoms with van der Waals surface area (Å²) < 4.78 is 39.2. The Morgan fingerprint density at radius 2 is 2.06 bits per heavy atom. The molecule has 0 aliphatic heterocycles. The normalized spacial score (nSPS) is 11.7. The molecule has 0 unspecified atom stereocenters. The van der Waals surface area contributed by atoms with Gasteiger partial charge in [0, 0.05) is 5.69 Å². The Balaban J connectivity index is 2.31. The van der Waals surface area contributed by atoms with Gasteiger partial charge in [0.25, 0.3) is 0 Å². The summed E-state index contributed by atoms with van der Waals surface area (Å²) >= 11 is 0. The van der Waals surface area contributed by atoms with E-state index < -0.39 is 11.7 Å². The van der Waals surface area contributed by atoms with Crippen molar-refractivity contribution in [2.45, 2.75) is 12.7 Å². The lowest BCUT2D eigenvalue weighted by Gasteiger charge is -2.11. The Labute approximate surface area is 94.9 Å². The summed E-state index contributed by atoms with van der Waals surface area (Å²) in [5, 5.41) is 3.82. The zero-order chi connectivity index (χ0) is 12.5. The fraction of sp³-hybridized carbons (Fsp3) is 0.200. The van der Waals surface area contributed by atoms with Crippen LogP contribution < -0.4 is 5.73 Å². The van der Waals surface area contributed by atoms with E-state index in [4.69, 9.17) is 5.73 Å². The third-order valence-electron chi connectivity index (χ3n) is 2.23. The Morgan fingerprint density at radius 3 is 2.65 bits per heavy atom. The highest BCUT2D eigenvalue weighted by molar-refractivity contribution is 5.50. The minimum atomic E-state index is -4.44. The van der Waals surface area contributed by atoms with E-state index in [1.165, 1.54) is 29.5 Å². The molecule has 0 atom stereocenters. The van der Waals surface area contributed by atoms with Crippen LogP contribution in [0.3, 0.4) is 0 Å². The predicted octanol–water partition coefficient (Wildman–Crippen LogP) is 1.93. The first-order valence-electron chi connectivity index (χ1n) is 4.75. The molecule has 0 spiro atoms. The summed E-state index contributed by atoms with van der Waals surface area (Å²) in [5.74, 6) is 0. The van der Waals surface area contributed by atoms with E-state index in [1.54, 1.807) is 0 Å². The molecule has 1 heterocycles. The van der Waals surface area contributed by atoms with Gasteiger partial charge in [-0.3, -0.25) is 0 Å². The van der Waals surface area contributed by atoms with E-state index in [0.717, 1.165) is 6.07 Å². The van der Waals surface area contributed by atoms with Gasteiger partial charge in [-0.05, 0) is 17.7 Å². The van der Waals surface area contributed by atoms with Crippen LogP contribution in [0.15, 0.2) is 30.9 Å². The van der Waals surface area contributed by atoms with Crippen molar-refractivity contribution in [3.63, 3.8) is 0 Å². The number of halogens is 3. The molecule has 2 aromatic rings. The van der Waals surface area contributed by atoms with Gasteiger partial charge in [0.1, 0.15) is 12.7 Å². The highest BCUT2D eigenvalue weighted by atomic mass is 19.4. The van der Waals surface area contributed by atoms with Crippen LogP contribution in [-0.2, 0) is 12.7 Å². The van der Waals surface area contributed by atoms with Crippen LogP contribution in [0.5, 0.6) is 0 Å². The molecule has 2 rings (SSSR count). The number of nitrogens with two attached hydrogens (primary N) is 1. The summed E-state index contributed by atoms with van der Waals surface area (Å²) in [5.41, 5.74) is 4.66. The molecule has 7 heteroatoms. The zero-order valence-electron chi connectivity index (χ0n) is 8.65. The fourth-order valence-corrected chi connectivity index (χ4v) is 1.45. The third-order valence-corrected chi connectivity index (χ3v) is 2.23. The smallest absolute Gasteiger partial charge is 0.398 e. The Kier molecular flexibility index (Phi) is 2.74. The van der Waals surface area contributed by atoms with Crippen LogP contribution in [0, 0.1) is 0 Å². The molecule has 0 bridgehead atoms. The first kappa shape index (κ1) is 11.4. The molecule has 1 aromatic heterocycles. The second-order valence-electron chi connectivity index (χ2n) is 3.51. The lowest BCUT2D eigenvalue weighted by atomic mass is 10.1. The summed E-state index contributed by atoms with van der Waals surface area (Å²) in [6.07, 6.45) is -1.69. The quantitative estimate of drug-likeness (QED) is 0.818. The van der Waals surface area contributed by atoms with Crippen LogP contribution in [0.25, 0.3) is 0 Å². The number of benzene rings is 1. The van der Waals surface area contributed by atoms with Gasteiger partial charge < -0.3 is 5.73 Å². The number of alkyl halides is 3. The lowest BCUT2D eigenvalue weighted by Crippen LogP contribution is -2.10. The maximum Gasteiger partial charge on any atom is 0.418 e. The van der Waals surface area contributed by atoms with Crippen molar-refractivity contribution < 1.29 is 13.2 Å². The van der Waals surface area contributed by atoms with Gasteiger partial charge >= 0.3 is 6.18 Å². The van der Waals surface area contributed by atoms with Gasteiger partial charge in [0.15, 0.2) is 0 Å². The number of nitrogens with zero attached hydrogens (tertiary/aromatic N) is 3. The van der Waals surface area contributed by atoms with Crippen molar-refractivity contribution >= 4 is 5.69 Å². The fourth-order valence-electron chi connectivity index (χ4n) is 1.45. The van der Waals surface area contributed by atoms with Crippen molar-refractivity contribution in [1.29, 1.82) is 0 Å². The molecule has 0 radical (unpaired) electrons. The molecule has 0 amide bonds. The lowest BCUT2D eigenvalue weighted by molar-refractivity contribution is -0.136. The van der Waals surface area contributed by atoms with Crippen molar-refractivity contribution in [2.75, 3.05) is 5.73 Å². The molecule has 17 heavy (non-hydrogen) atoms. The van der Waals surface area contributed by atoms with Gasteiger partial charge in [0.2, 0.25) is 0 Å². The van der Waals surface area contributed by atoms with E-state index >= 15 is 0 Å². The average molecular weight is 242 g/mol. The van der Waals surface area contributed by atoms with Gasteiger partial charge in [-0.1, -0.05) is 6.07 Å². The van der Waals surface area contributed by atoms with Gasteiger partial charge in [-0.15, -0.1) is 0 Å². The number of aromatic nitrogens is 3. The number of hydrogen-bond acceptors (Lipinski definition) is 3. The van der Waals surface area contributed by atoms with Crippen molar-refractivity contribution in [2.24, 2.45) is 0 Å². The zero-order valence-corrected chi connectivity index (χ0v) is 8.65. The van der Waals surface area contributed by atoms with E-state index in [9.17, 15) is 13.2 Å². The highest BCUT2D eigenvalue weighted by Crippen LogP contribution is 2.34. The largest absolute Gasteiger partial charge is 0.418 e. The topological polar surface area (TPSA) is 56.7 Å². The van der Waals surface area contributed by atoms with Crippen LogP contribution >= 0.6 is 0 Å². The molecular weight excluding hydrogens is 233 g/mol. The van der Waals surface area contributed by atoms with E-state index in [-0.39, 0.29) is 12.2 Å². The first-order valence-corrected chi connectivity index (χ1v) is 4.75. The second-order valence-corrected chi connectivity index (χ2v) is 3.51. The Hall–Kier alpha value is -2.05. The molecular formula is C10H9F3N4. The molecule has 90 valence electrons. The third kappa shape index (κ3) is 2.55. The summed E-state index contributed by atoms with van der Waals surface area (Å²) in [7, 11) is 0. The van der Waals surface area contributed by atoms with E-state index in [1.807, 2.05) is 0 Å². The SMILES string of the molecule is Nc1ccc(Cn2cncn2)cc1C(F)(F)F. The molecule has 0 saturated carbocycles. The van der Waals surface area contributed by atoms with E-state index in [0.29, 0.717) is 5.56 Å². The van der Waals surface area contributed by atoms with Gasteiger partial charge in [-0.25, -0.2) is 9.67 Å².